The average molecular weight is 112 g/mol. The first-order chi connectivity index (χ1) is 4.00. The van der Waals surface area contributed by atoms with E-state index >= 15 is 0 Å². The molecule has 0 aliphatic heterocycles. The highest BCUT2D eigenvalue weighted by atomic mass is 14.9. The summed E-state index contributed by atoms with van der Waals surface area (Å²) in [6.45, 7) is 0. The van der Waals surface area contributed by atoms with E-state index in [0.717, 1.165) is 0 Å². The van der Waals surface area contributed by atoms with Gasteiger partial charge in [0.2, 0.25) is 0 Å². The molecule has 1 heterocycles. The zero-order valence-electron chi connectivity index (χ0n) is 4.65. The number of nitrogens with zero attached hydrogens (tertiary/aromatic N) is 3. The van der Waals surface area contributed by atoms with Crippen LogP contribution in [-0.2, 0) is 0 Å². The summed E-state index contributed by atoms with van der Waals surface area (Å²) < 4.78 is 0. The molecular formula is C4H8N4. The second kappa shape index (κ2) is 5.97. The highest BCUT2D eigenvalue weighted by Crippen LogP contribution is 1.57. The maximum Gasteiger partial charge on any atom is 0.119 e. The lowest BCUT2D eigenvalue weighted by Gasteiger charge is -1.69. The van der Waals surface area contributed by atoms with Gasteiger partial charge < -0.3 is 5.73 Å². The minimum absolute atomic E-state index is 1.44. The second-order valence-corrected chi connectivity index (χ2v) is 0.794. The van der Waals surface area contributed by atoms with E-state index in [2.05, 4.69) is 20.7 Å². The summed E-state index contributed by atoms with van der Waals surface area (Å²) in [5, 5.41) is 0. The zero-order valence-corrected chi connectivity index (χ0v) is 4.65. The van der Waals surface area contributed by atoms with E-state index in [4.69, 9.17) is 0 Å². The predicted octanol–water partition coefficient (Wildman–Crippen LogP) is -0.554. The van der Waals surface area contributed by atoms with Gasteiger partial charge >= 0.3 is 0 Å². The normalized spacial score (nSPS) is 6.75. The highest BCUT2D eigenvalue weighted by Gasteiger charge is 1.59. The van der Waals surface area contributed by atoms with Crippen molar-refractivity contribution in [2.24, 2.45) is 5.73 Å². The molecule has 0 saturated heterocycles. The minimum Gasteiger partial charge on any atom is -0.333 e. The summed E-state index contributed by atoms with van der Waals surface area (Å²) in [6.07, 6.45) is 4.31. The molecule has 1 aromatic heterocycles. The van der Waals surface area contributed by atoms with E-state index in [1.54, 1.807) is 0 Å². The van der Waals surface area contributed by atoms with Crippen LogP contribution in [0, 0.1) is 0 Å². The van der Waals surface area contributed by atoms with Crippen molar-refractivity contribution in [1.82, 2.24) is 15.0 Å². The molecule has 0 amide bonds. The number of nitrogens with two attached hydrogens (primary N) is 1. The molecule has 4 heteroatoms. The fraction of sp³-hybridized carbons (Fsp3) is 0.250. The van der Waals surface area contributed by atoms with Gasteiger partial charge in [0.05, 0.1) is 0 Å². The van der Waals surface area contributed by atoms with E-state index in [0.29, 0.717) is 0 Å². The standard InChI is InChI=1S/C3H3N3.CH5N/c1-4-2-6-3-5-1;1-2/h1-3H;2H2,1H3. The Bertz CT molecular complexity index is 80.0. The Morgan fingerprint density at radius 1 is 0.875 bits per heavy atom. The van der Waals surface area contributed by atoms with E-state index < -0.39 is 0 Å². The van der Waals surface area contributed by atoms with E-state index in [1.807, 2.05) is 0 Å². The third kappa shape index (κ3) is 3.17. The maximum atomic E-state index is 4.50. The third-order valence-corrected chi connectivity index (χ3v) is 0.400. The number of hydrogen-bond donors (Lipinski definition) is 1. The average Bonchev–Trinajstić information content (AvgIpc) is 1.96. The van der Waals surface area contributed by atoms with Crippen LogP contribution in [0.2, 0.25) is 0 Å². The Labute approximate surface area is 47.8 Å². The van der Waals surface area contributed by atoms with Crippen LogP contribution in [0.3, 0.4) is 0 Å². The monoisotopic (exact) mass is 112 g/mol. The molecule has 0 spiro atoms. The molecule has 44 valence electrons. The number of hydrogen-bond acceptors (Lipinski definition) is 4. The Morgan fingerprint density at radius 3 is 1.25 bits per heavy atom. The van der Waals surface area contributed by atoms with Gasteiger partial charge in [-0.2, -0.15) is 0 Å². The smallest absolute Gasteiger partial charge is 0.119 e. The van der Waals surface area contributed by atoms with Crippen LogP contribution in [0.5, 0.6) is 0 Å². The van der Waals surface area contributed by atoms with Gasteiger partial charge in [0.15, 0.2) is 0 Å². The quantitative estimate of drug-likeness (QED) is 0.489. The lowest BCUT2D eigenvalue weighted by atomic mass is 11.1. The Balaban J connectivity index is 0.000000222. The zero-order chi connectivity index (χ0) is 6.24. The van der Waals surface area contributed by atoms with Crippen LogP contribution in [0.15, 0.2) is 19.0 Å². The molecule has 0 unspecified atom stereocenters. The van der Waals surface area contributed by atoms with Crippen molar-refractivity contribution in [3.8, 4) is 0 Å². The molecule has 0 bridgehead atoms. The largest absolute Gasteiger partial charge is 0.333 e. The Morgan fingerprint density at radius 2 is 1.12 bits per heavy atom. The molecule has 0 aliphatic rings. The van der Waals surface area contributed by atoms with Crippen LogP contribution in [0.1, 0.15) is 0 Å². The first kappa shape index (κ1) is 6.97. The summed E-state index contributed by atoms with van der Waals surface area (Å²) in [4.78, 5) is 10.7. The van der Waals surface area contributed by atoms with Gasteiger partial charge in [-0.3, -0.25) is 0 Å². The summed E-state index contributed by atoms with van der Waals surface area (Å²) in [6, 6.07) is 0. The van der Waals surface area contributed by atoms with Gasteiger partial charge in [0.1, 0.15) is 19.0 Å². The van der Waals surface area contributed by atoms with Crippen LogP contribution in [-0.4, -0.2) is 22.0 Å². The molecule has 0 aromatic carbocycles. The lowest BCUT2D eigenvalue weighted by molar-refractivity contribution is 1.05. The van der Waals surface area contributed by atoms with Gasteiger partial charge in [-0.1, -0.05) is 0 Å². The van der Waals surface area contributed by atoms with Crippen LogP contribution >= 0.6 is 0 Å². The maximum absolute atomic E-state index is 4.50. The van der Waals surface area contributed by atoms with Gasteiger partial charge in [0, 0.05) is 0 Å². The van der Waals surface area contributed by atoms with Crippen molar-refractivity contribution in [3.05, 3.63) is 19.0 Å². The molecule has 0 atom stereocenters. The summed E-state index contributed by atoms with van der Waals surface area (Å²) in [7, 11) is 1.50. The molecule has 1 aromatic rings. The van der Waals surface area contributed by atoms with Crippen LogP contribution < -0.4 is 5.73 Å². The van der Waals surface area contributed by atoms with Crippen molar-refractivity contribution < 1.29 is 0 Å². The van der Waals surface area contributed by atoms with Crippen LogP contribution in [0.25, 0.3) is 0 Å². The minimum atomic E-state index is 1.44. The molecule has 4 nitrogen and oxygen atoms in total. The van der Waals surface area contributed by atoms with Crippen molar-refractivity contribution in [2.45, 2.75) is 0 Å². The molecule has 1 rings (SSSR count). The first-order valence-electron chi connectivity index (χ1n) is 2.13. The Hall–Kier alpha value is -1.03. The lowest BCUT2D eigenvalue weighted by Crippen LogP contribution is -1.73. The fourth-order valence-electron chi connectivity index (χ4n) is 0.205. The topological polar surface area (TPSA) is 64.7 Å². The fourth-order valence-corrected chi connectivity index (χ4v) is 0.205. The van der Waals surface area contributed by atoms with E-state index in [-0.39, 0.29) is 0 Å². The molecule has 0 radical (unpaired) electrons. The third-order valence-electron chi connectivity index (χ3n) is 0.400. The first-order valence-corrected chi connectivity index (χ1v) is 2.13. The highest BCUT2D eigenvalue weighted by molar-refractivity contribution is 4.51. The van der Waals surface area contributed by atoms with Crippen molar-refractivity contribution in [3.63, 3.8) is 0 Å². The van der Waals surface area contributed by atoms with Gasteiger partial charge in [-0.15, -0.1) is 0 Å². The summed E-state index contributed by atoms with van der Waals surface area (Å²) in [5.74, 6) is 0. The van der Waals surface area contributed by atoms with Crippen molar-refractivity contribution in [2.75, 3.05) is 7.05 Å². The van der Waals surface area contributed by atoms with Crippen molar-refractivity contribution >= 4 is 0 Å². The molecule has 2 N–H and O–H groups in total. The predicted molar refractivity (Wildman–Crippen MR) is 29.9 cm³/mol. The van der Waals surface area contributed by atoms with Gasteiger partial charge in [-0.05, 0) is 7.05 Å². The van der Waals surface area contributed by atoms with Crippen molar-refractivity contribution in [1.29, 1.82) is 0 Å². The molecule has 0 aliphatic carbocycles. The molecule has 0 fully saturated rings. The SMILES string of the molecule is CN.c1ncncn1. The summed E-state index contributed by atoms with van der Waals surface area (Å²) >= 11 is 0. The van der Waals surface area contributed by atoms with E-state index in [1.165, 1.54) is 26.0 Å². The van der Waals surface area contributed by atoms with Crippen LogP contribution in [0.4, 0.5) is 0 Å². The molecule has 8 heavy (non-hydrogen) atoms. The second-order valence-electron chi connectivity index (χ2n) is 0.794. The number of rotatable bonds is 0. The Kier molecular flexibility index (Phi) is 5.20. The number of aromatic nitrogens is 3. The summed E-state index contributed by atoms with van der Waals surface area (Å²) in [5.41, 5.74) is 4.50. The molecule has 0 saturated carbocycles. The molecular weight excluding hydrogens is 104 g/mol. The van der Waals surface area contributed by atoms with Gasteiger partial charge in [-0.25, -0.2) is 15.0 Å². The van der Waals surface area contributed by atoms with Gasteiger partial charge in [0.25, 0.3) is 0 Å². The van der Waals surface area contributed by atoms with E-state index in [9.17, 15) is 0 Å².